The lowest BCUT2D eigenvalue weighted by Gasteiger charge is -2.36. The molecule has 1 atom stereocenters. The number of anilines is 4. The number of para-hydroxylation sites is 1. The Hall–Kier alpha value is -4.01. The van der Waals surface area contributed by atoms with Gasteiger partial charge in [-0.25, -0.2) is 0 Å². The van der Waals surface area contributed by atoms with Gasteiger partial charge in [0.2, 0.25) is 11.8 Å². The second kappa shape index (κ2) is 9.23. The van der Waals surface area contributed by atoms with E-state index >= 15 is 0 Å². The van der Waals surface area contributed by atoms with E-state index in [2.05, 4.69) is 25.4 Å². The minimum absolute atomic E-state index is 0.00826. The number of amides is 2. The van der Waals surface area contributed by atoms with Gasteiger partial charge in [-0.2, -0.15) is 0 Å². The maximum atomic E-state index is 13.1. The van der Waals surface area contributed by atoms with Crippen molar-refractivity contribution in [2.24, 2.45) is 5.92 Å². The average Bonchev–Trinajstić information content (AvgIpc) is 3.27. The molecule has 1 unspecified atom stereocenters. The summed E-state index contributed by atoms with van der Waals surface area (Å²) in [7, 11) is 0. The molecule has 0 bridgehead atoms. The van der Waals surface area contributed by atoms with Crippen molar-refractivity contribution in [1.29, 1.82) is 0 Å². The summed E-state index contributed by atoms with van der Waals surface area (Å²) < 4.78 is 0. The monoisotopic (exact) mass is 443 g/mol. The predicted octanol–water partition coefficient (Wildman–Crippen LogP) is 2.32. The molecule has 2 fully saturated rings. The van der Waals surface area contributed by atoms with E-state index in [1.54, 1.807) is 17.3 Å². The molecule has 2 aromatic heterocycles. The van der Waals surface area contributed by atoms with Gasteiger partial charge in [-0.15, -0.1) is 10.2 Å². The number of nitrogens with zero attached hydrogens (tertiary/aromatic N) is 6. The predicted molar refractivity (Wildman–Crippen MR) is 125 cm³/mol. The van der Waals surface area contributed by atoms with Gasteiger partial charge < -0.3 is 20.0 Å². The molecule has 2 aliphatic rings. The van der Waals surface area contributed by atoms with Crippen molar-refractivity contribution in [2.45, 2.75) is 6.42 Å². The van der Waals surface area contributed by atoms with Crippen molar-refractivity contribution in [1.82, 2.24) is 20.1 Å². The molecule has 0 aliphatic carbocycles. The van der Waals surface area contributed by atoms with Gasteiger partial charge >= 0.3 is 0 Å². The largest absolute Gasteiger partial charge is 0.352 e. The third kappa shape index (κ3) is 4.62. The number of pyridine rings is 1. The van der Waals surface area contributed by atoms with Gasteiger partial charge in [0.1, 0.15) is 0 Å². The van der Waals surface area contributed by atoms with Gasteiger partial charge in [0, 0.05) is 62.9 Å². The number of rotatable bonds is 5. The Kier molecular flexibility index (Phi) is 5.84. The van der Waals surface area contributed by atoms with Crippen molar-refractivity contribution in [3.8, 4) is 0 Å². The van der Waals surface area contributed by atoms with Crippen LogP contribution in [0.25, 0.3) is 0 Å². The molecule has 3 aromatic rings. The smallest absolute Gasteiger partial charge is 0.228 e. The van der Waals surface area contributed by atoms with E-state index in [0.717, 1.165) is 17.2 Å². The Labute approximate surface area is 192 Å². The van der Waals surface area contributed by atoms with Crippen LogP contribution in [0.15, 0.2) is 67.0 Å². The van der Waals surface area contributed by atoms with E-state index < -0.39 is 0 Å². The van der Waals surface area contributed by atoms with Crippen LogP contribution in [0.5, 0.6) is 0 Å². The Morgan fingerprint density at radius 1 is 0.909 bits per heavy atom. The molecule has 33 heavy (non-hydrogen) atoms. The summed E-state index contributed by atoms with van der Waals surface area (Å²) in [4.78, 5) is 35.3. The highest BCUT2D eigenvalue weighted by atomic mass is 16.2. The van der Waals surface area contributed by atoms with Crippen molar-refractivity contribution in [2.75, 3.05) is 47.8 Å². The summed E-state index contributed by atoms with van der Waals surface area (Å²) in [5.41, 5.74) is 1.75. The molecule has 2 aliphatic heterocycles. The lowest BCUT2D eigenvalue weighted by molar-refractivity contribution is -0.136. The molecular formula is C24H25N7O2. The van der Waals surface area contributed by atoms with E-state index in [1.807, 2.05) is 59.5 Å². The van der Waals surface area contributed by atoms with Gasteiger partial charge in [0.15, 0.2) is 11.6 Å². The van der Waals surface area contributed by atoms with E-state index in [-0.39, 0.29) is 24.2 Å². The van der Waals surface area contributed by atoms with Crippen molar-refractivity contribution >= 4 is 34.8 Å². The molecule has 1 aromatic carbocycles. The number of hydrogen-bond acceptors (Lipinski definition) is 7. The minimum atomic E-state index is -0.289. The van der Waals surface area contributed by atoms with Crippen molar-refractivity contribution in [3.05, 3.63) is 67.0 Å². The number of nitrogens with one attached hydrogen (secondary N) is 1. The molecule has 1 N–H and O–H groups in total. The third-order valence-corrected chi connectivity index (χ3v) is 6.06. The van der Waals surface area contributed by atoms with Gasteiger partial charge in [-0.3, -0.25) is 14.6 Å². The summed E-state index contributed by atoms with van der Waals surface area (Å²) in [6.07, 6.45) is 3.70. The summed E-state index contributed by atoms with van der Waals surface area (Å²) in [6.45, 7) is 3.02. The van der Waals surface area contributed by atoms with Gasteiger partial charge in [-0.1, -0.05) is 18.2 Å². The quantitative estimate of drug-likeness (QED) is 0.647. The second-order valence-corrected chi connectivity index (χ2v) is 8.19. The zero-order valence-electron chi connectivity index (χ0n) is 18.2. The van der Waals surface area contributed by atoms with Crippen LogP contribution in [-0.2, 0) is 9.59 Å². The fourth-order valence-electron chi connectivity index (χ4n) is 4.29. The molecule has 2 saturated heterocycles. The number of piperazine rings is 1. The van der Waals surface area contributed by atoms with Gasteiger partial charge in [0.05, 0.1) is 5.92 Å². The number of aromatic nitrogens is 3. The van der Waals surface area contributed by atoms with Crippen molar-refractivity contribution < 1.29 is 9.59 Å². The Morgan fingerprint density at radius 3 is 2.36 bits per heavy atom. The molecule has 9 nitrogen and oxygen atoms in total. The first-order chi connectivity index (χ1) is 16.2. The standard InChI is InChI=1S/C24H25N7O2/c32-23-16-18(17-31(23)20-4-2-1-3-5-20)24(33)30-14-12-29(13-15-30)22-7-6-21(27-28-22)26-19-8-10-25-11-9-19/h1-11,18H,12-17H2,(H,25,26,27). The van der Waals surface area contributed by atoms with Crippen LogP contribution in [-0.4, -0.2) is 64.6 Å². The fraction of sp³-hybridized carbons (Fsp3) is 0.292. The highest BCUT2D eigenvalue weighted by Crippen LogP contribution is 2.27. The zero-order chi connectivity index (χ0) is 22.6. The molecule has 4 heterocycles. The molecule has 5 rings (SSSR count). The number of carbonyl (C=O) groups excluding carboxylic acids is 2. The fourth-order valence-corrected chi connectivity index (χ4v) is 4.29. The number of hydrogen-bond donors (Lipinski definition) is 1. The maximum Gasteiger partial charge on any atom is 0.228 e. The zero-order valence-corrected chi connectivity index (χ0v) is 18.2. The SMILES string of the molecule is O=C(C1CC(=O)N(c2ccccc2)C1)N1CCN(c2ccc(Nc3ccncc3)nn2)CC1. The van der Waals surface area contributed by atoms with Gasteiger partial charge in [-0.05, 0) is 36.4 Å². The number of carbonyl (C=O) groups is 2. The van der Waals surface area contributed by atoms with Crippen LogP contribution in [0.3, 0.4) is 0 Å². The molecule has 168 valence electrons. The first-order valence-electron chi connectivity index (χ1n) is 11.1. The van der Waals surface area contributed by atoms with Crippen molar-refractivity contribution in [3.63, 3.8) is 0 Å². The summed E-state index contributed by atoms with van der Waals surface area (Å²) >= 11 is 0. The average molecular weight is 444 g/mol. The van der Waals surface area contributed by atoms with E-state index in [0.29, 0.717) is 38.5 Å². The Bertz CT molecular complexity index is 1100. The van der Waals surface area contributed by atoms with E-state index in [1.165, 1.54) is 0 Å². The lowest BCUT2D eigenvalue weighted by Crippen LogP contribution is -2.51. The number of benzene rings is 1. The van der Waals surface area contributed by atoms with Crippen LogP contribution >= 0.6 is 0 Å². The topological polar surface area (TPSA) is 94.6 Å². The molecule has 2 amide bonds. The van der Waals surface area contributed by atoms with Crippen LogP contribution in [0.4, 0.5) is 23.0 Å². The highest BCUT2D eigenvalue weighted by Gasteiger charge is 2.38. The first-order valence-corrected chi connectivity index (χ1v) is 11.1. The van der Waals surface area contributed by atoms with Crippen LogP contribution in [0.1, 0.15) is 6.42 Å². The second-order valence-electron chi connectivity index (χ2n) is 8.19. The molecule has 0 radical (unpaired) electrons. The van der Waals surface area contributed by atoms with Gasteiger partial charge in [0.25, 0.3) is 0 Å². The first kappa shape index (κ1) is 20.9. The Morgan fingerprint density at radius 2 is 1.67 bits per heavy atom. The summed E-state index contributed by atoms with van der Waals surface area (Å²) in [5, 5.41) is 11.8. The normalized spacial score (nSPS) is 18.5. The van der Waals surface area contributed by atoms with E-state index in [4.69, 9.17) is 0 Å². The molecule has 0 spiro atoms. The summed E-state index contributed by atoms with van der Waals surface area (Å²) in [5.74, 6) is 1.22. The maximum absolute atomic E-state index is 13.1. The molecule has 0 saturated carbocycles. The minimum Gasteiger partial charge on any atom is -0.352 e. The third-order valence-electron chi connectivity index (χ3n) is 6.06. The van der Waals surface area contributed by atoms with Crippen LogP contribution < -0.4 is 15.1 Å². The molecule has 9 heteroatoms. The van der Waals surface area contributed by atoms with Crippen LogP contribution in [0, 0.1) is 5.92 Å². The van der Waals surface area contributed by atoms with Crippen LogP contribution in [0.2, 0.25) is 0 Å². The Balaban J connectivity index is 1.15. The lowest BCUT2D eigenvalue weighted by atomic mass is 10.1. The summed E-state index contributed by atoms with van der Waals surface area (Å²) in [6, 6.07) is 17.1. The highest BCUT2D eigenvalue weighted by molar-refractivity contribution is 6.00. The molecular weight excluding hydrogens is 418 g/mol. The van der Waals surface area contributed by atoms with E-state index in [9.17, 15) is 9.59 Å².